The maximum absolute atomic E-state index is 11.9. The van der Waals surface area contributed by atoms with Gasteiger partial charge in [-0.2, -0.15) is 0 Å². The molecule has 0 aliphatic carbocycles. The Labute approximate surface area is 141 Å². The van der Waals surface area contributed by atoms with Crippen LogP contribution in [0.4, 0.5) is 5.69 Å². The smallest absolute Gasteiger partial charge is 0.309 e. The number of carboxylic acid groups (broad SMARTS) is 1. The highest BCUT2D eigenvalue weighted by Gasteiger charge is 2.38. The summed E-state index contributed by atoms with van der Waals surface area (Å²) < 4.78 is 0. The van der Waals surface area contributed by atoms with Crippen molar-refractivity contribution in [2.75, 3.05) is 18.5 Å². The predicted molar refractivity (Wildman–Crippen MR) is 93.6 cm³/mol. The lowest BCUT2D eigenvalue weighted by Crippen LogP contribution is -2.40. The van der Waals surface area contributed by atoms with Gasteiger partial charge in [0.25, 0.3) is 0 Å². The number of carbonyl (C=O) groups is 1. The Hall–Kier alpha value is -2.00. The van der Waals surface area contributed by atoms with Gasteiger partial charge in [0.15, 0.2) is 0 Å². The molecular formula is C19H20ClNO2. The minimum Gasteiger partial charge on any atom is -0.481 e. The van der Waals surface area contributed by atoms with Crippen molar-refractivity contribution in [3.8, 4) is 0 Å². The van der Waals surface area contributed by atoms with Gasteiger partial charge in [-0.25, -0.2) is 0 Å². The number of aliphatic carboxylic acids is 1. The average Bonchev–Trinajstić information content (AvgIpc) is 2.50. The van der Waals surface area contributed by atoms with Crippen molar-refractivity contribution in [3.63, 3.8) is 0 Å². The van der Waals surface area contributed by atoms with Gasteiger partial charge in [-0.15, -0.1) is 0 Å². The standard InChI is InChI=1S/C19H20ClNO2/c1-11-8-14-17(9-12(11)2)21(3)10-15(19(22)23)18(14)13-6-4-5-7-16(13)20/h4-9,15,18H,10H2,1-3H3,(H,22,23). The largest absolute Gasteiger partial charge is 0.481 e. The van der Waals surface area contributed by atoms with Gasteiger partial charge in [-0.1, -0.05) is 35.9 Å². The molecule has 0 saturated heterocycles. The molecule has 0 amide bonds. The Morgan fingerprint density at radius 1 is 1.17 bits per heavy atom. The van der Waals surface area contributed by atoms with Crippen LogP contribution >= 0.6 is 11.6 Å². The molecule has 23 heavy (non-hydrogen) atoms. The van der Waals surface area contributed by atoms with Crippen LogP contribution in [-0.4, -0.2) is 24.7 Å². The molecule has 4 heteroatoms. The summed E-state index contributed by atoms with van der Waals surface area (Å²) in [7, 11) is 1.95. The molecule has 0 spiro atoms. The normalized spacial score (nSPS) is 20.3. The number of halogens is 1. The van der Waals surface area contributed by atoms with E-state index in [-0.39, 0.29) is 5.92 Å². The second kappa shape index (κ2) is 5.89. The summed E-state index contributed by atoms with van der Waals surface area (Å²) in [5, 5.41) is 10.4. The van der Waals surface area contributed by atoms with Crippen LogP contribution in [0.25, 0.3) is 0 Å². The van der Waals surface area contributed by atoms with Crippen LogP contribution in [0, 0.1) is 19.8 Å². The van der Waals surface area contributed by atoms with Crippen LogP contribution in [-0.2, 0) is 4.79 Å². The molecule has 1 aliphatic heterocycles. The Balaban J connectivity index is 2.26. The number of anilines is 1. The Morgan fingerprint density at radius 3 is 2.48 bits per heavy atom. The Bertz CT molecular complexity index is 772. The van der Waals surface area contributed by atoms with E-state index < -0.39 is 11.9 Å². The number of aryl methyl sites for hydroxylation is 2. The monoisotopic (exact) mass is 329 g/mol. The molecule has 0 bridgehead atoms. The summed E-state index contributed by atoms with van der Waals surface area (Å²) in [6.07, 6.45) is 0. The third-order valence-corrected chi connectivity index (χ3v) is 5.16. The summed E-state index contributed by atoms with van der Waals surface area (Å²) >= 11 is 6.39. The van der Waals surface area contributed by atoms with Gasteiger partial charge in [0.05, 0.1) is 5.92 Å². The molecular weight excluding hydrogens is 310 g/mol. The predicted octanol–water partition coefficient (Wildman–Crippen LogP) is 4.24. The molecule has 3 nitrogen and oxygen atoms in total. The number of benzene rings is 2. The zero-order valence-electron chi connectivity index (χ0n) is 13.5. The third kappa shape index (κ3) is 2.70. The van der Waals surface area contributed by atoms with Crippen LogP contribution in [0.3, 0.4) is 0 Å². The molecule has 2 aromatic rings. The van der Waals surface area contributed by atoms with Crippen molar-refractivity contribution < 1.29 is 9.90 Å². The fourth-order valence-corrected chi connectivity index (χ4v) is 3.70. The molecule has 1 aliphatic rings. The Kier molecular flexibility index (Phi) is 4.07. The lowest BCUT2D eigenvalue weighted by molar-refractivity contribution is -0.142. The van der Waals surface area contributed by atoms with Crippen LogP contribution in [0.1, 0.15) is 28.2 Å². The minimum absolute atomic E-state index is 0.230. The van der Waals surface area contributed by atoms with Crippen molar-refractivity contribution in [2.24, 2.45) is 5.92 Å². The van der Waals surface area contributed by atoms with Gasteiger partial charge in [0.1, 0.15) is 0 Å². The molecule has 0 aromatic heterocycles. The summed E-state index contributed by atoms with van der Waals surface area (Å²) in [5.74, 6) is -1.54. The molecule has 2 unspecified atom stereocenters. The van der Waals surface area contributed by atoms with Gasteiger partial charge in [0, 0.05) is 30.2 Å². The number of nitrogens with zero attached hydrogens (tertiary/aromatic N) is 1. The molecule has 0 saturated carbocycles. The van der Waals surface area contributed by atoms with Crippen molar-refractivity contribution in [3.05, 3.63) is 63.7 Å². The van der Waals surface area contributed by atoms with Crippen LogP contribution in [0.2, 0.25) is 5.02 Å². The molecule has 3 rings (SSSR count). The maximum atomic E-state index is 11.9. The molecule has 1 N–H and O–H groups in total. The first-order valence-corrected chi connectivity index (χ1v) is 8.07. The van der Waals surface area contributed by atoms with E-state index in [2.05, 4.69) is 26.0 Å². The highest BCUT2D eigenvalue weighted by atomic mass is 35.5. The molecule has 2 atom stereocenters. The molecule has 0 fully saturated rings. The Morgan fingerprint density at radius 2 is 1.83 bits per heavy atom. The summed E-state index contributed by atoms with van der Waals surface area (Å²) in [4.78, 5) is 13.9. The van der Waals surface area contributed by atoms with Gasteiger partial charge < -0.3 is 10.0 Å². The van der Waals surface area contributed by atoms with Crippen LogP contribution < -0.4 is 4.90 Å². The second-order valence-electron chi connectivity index (χ2n) is 6.32. The first-order chi connectivity index (χ1) is 10.9. The van der Waals surface area contributed by atoms with E-state index in [1.165, 1.54) is 11.1 Å². The van der Waals surface area contributed by atoms with Crippen molar-refractivity contribution in [2.45, 2.75) is 19.8 Å². The van der Waals surface area contributed by atoms with E-state index in [0.717, 1.165) is 16.8 Å². The van der Waals surface area contributed by atoms with E-state index in [0.29, 0.717) is 11.6 Å². The molecule has 120 valence electrons. The van der Waals surface area contributed by atoms with Crippen molar-refractivity contribution in [1.29, 1.82) is 0 Å². The van der Waals surface area contributed by atoms with Crippen molar-refractivity contribution in [1.82, 2.24) is 0 Å². The quantitative estimate of drug-likeness (QED) is 0.896. The molecule has 2 aromatic carbocycles. The topological polar surface area (TPSA) is 40.5 Å². The van der Waals surface area contributed by atoms with E-state index >= 15 is 0 Å². The lowest BCUT2D eigenvalue weighted by atomic mass is 9.76. The molecule has 0 radical (unpaired) electrons. The van der Waals surface area contributed by atoms with Crippen LogP contribution in [0.15, 0.2) is 36.4 Å². The minimum atomic E-state index is -0.786. The third-order valence-electron chi connectivity index (χ3n) is 4.82. The average molecular weight is 330 g/mol. The van der Waals surface area contributed by atoms with E-state index in [4.69, 9.17) is 11.6 Å². The maximum Gasteiger partial charge on any atom is 0.309 e. The fourth-order valence-electron chi connectivity index (χ4n) is 3.45. The highest BCUT2D eigenvalue weighted by Crippen LogP contribution is 2.45. The van der Waals surface area contributed by atoms with Gasteiger partial charge in [0.2, 0.25) is 0 Å². The number of hydrogen-bond donors (Lipinski definition) is 1. The van der Waals surface area contributed by atoms with Gasteiger partial charge in [-0.05, 0) is 48.2 Å². The van der Waals surface area contributed by atoms with Crippen LogP contribution in [0.5, 0.6) is 0 Å². The highest BCUT2D eigenvalue weighted by molar-refractivity contribution is 6.31. The lowest BCUT2D eigenvalue weighted by Gasteiger charge is -2.38. The summed E-state index contributed by atoms with van der Waals surface area (Å²) in [6.45, 7) is 4.61. The van der Waals surface area contributed by atoms with E-state index in [1.807, 2.05) is 36.2 Å². The zero-order chi connectivity index (χ0) is 16.7. The zero-order valence-corrected chi connectivity index (χ0v) is 14.3. The van der Waals surface area contributed by atoms with Gasteiger partial charge >= 0.3 is 5.97 Å². The van der Waals surface area contributed by atoms with Gasteiger partial charge in [-0.3, -0.25) is 4.79 Å². The number of rotatable bonds is 2. The van der Waals surface area contributed by atoms with Crippen molar-refractivity contribution >= 4 is 23.3 Å². The fraction of sp³-hybridized carbons (Fsp3) is 0.316. The first kappa shape index (κ1) is 15.9. The number of carboxylic acids is 1. The van der Waals surface area contributed by atoms with E-state index in [1.54, 1.807) is 0 Å². The molecule has 1 heterocycles. The van der Waals surface area contributed by atoms with E-state index in [9.17, 15) is 9.90 Å². The second-order valence-corrected chi connectivity index (χ2v) is 6.73. The number of hydrogen-bond acceptors (Lipinski definition) is 2. The first-order valence-electron chi connectivity index (χ1n) is 7.69. The summed E-state index contributed by atoms with van der Waals surface area (Å²) in [6, 6.07) is 11.8. The summed E-state index contributed by atoms with van der Waals surface area (Å²) in [5.41, 5.74) is 5.40. The number of fused-ring (bicyclic) bond motifs is 1. The SMILES string of the molecule is Cc1cc2c(cc1C)N(C)CC(C(=O)O)C2c1ccccc1Cl.